The molecule has 1 aliphatic heterocycles. The molecule has 22 heavy (non-hydrogen) atoms. The Labute approximate surface area is 137 Å². The molecule has 1 atom stereocenters. The van der Waals surface area contributed by atoms with E-state index in [4.69, 9.17) is 0 Å². The molecule has 0 amide bonds. The highest BCUT2D eigenvalue weighted by atomic mass is 32.2. The zero-order valence-corrected chi connectivity index (χ0v) is 14.2. The maximum Gasteiger partial charge on any atom is 0.123 e. The zero-order valence-electron chi connectivity index (χ0n) is 13.4. The third-order valence-electron chi connectivity index (χ3n) is 4.27. The van der Waals surface area contributed by atoms with Crippen LogP contribution in [0.3, 0.4) is 0 Å². The first-order valence-corrected chi connectivity index (χ1v) is 9.43. The Bertz CT molecular complexity index is 429. The number of hydrogen-bond donors (Lipinski definition) is 1. The maximum absolute atomic E-state index is 13.0. The van der Waals surface area contributed by atoms with E-state index < -0.39 is 0 Å². The van der Waals surface area contributed by atoms with Crippen molar-refractivity contribution in [2.75, 3.05) is 44.8 Å². The molecule has 1 aliphatic rings. The summed E-state index contributed by atoms with van der Waals surface area (Å²) in [6, 6.07) is 7.15. The fourth-order valence-corrected chi connectivity index (χ4v) is 3.47. The predicted molar refractivity (Wildman–Crippen MR) is 91.7 cm³/mol. The number of benzene rings is 1. The number of thioether (sulfide) groups is 1. The van der Waals surface area contributed by atoms with E-state index in [1.807, 2.05) is 23.9 Å². The lowest BCUT2D eigenvalue weighted by Gasteiger charge is -2.41. The normalized spacial score (nSPS) is 20.4. The molecule has 1 heterocycles. The van der Waals surface area contributed by atoms with Crippen molar-refractivity contribution < 1.29 is 9.50 Å². The second-order valence-electron chi connectivity index (χ2n) is 5.91. The average Bonchev–Trinajstić information content (AvgIpc) is 2.52. The summed E-state index contributed by atoms with van der Waals surface area (Å²) in [5.41, 5.74) is 1.14. The van der Waals surface area contributed by atoms with Crippen molar-refractivity contribution in [2.45, 2.75) is 25.4 Å². The molecule has 1 saturated heterocycles. The van der Waals surface area contributed by atoms with Gasteiger partial charge in [0.15, 0.2) is 0 Å². The Kier molecular flexibility index (Phi) is 7.66. The number of rotatable bonds is 8. The number of nitrogens with zero attached hydrogens (tertiary/aromatic N) is 2. The van der Waals surface area contributed by atoms with Crippen molar-refractivity contribution in [3.05, 3.63) is 35.6 Å². The fraction of sp³-hybridized carbons (Fsp3) is 0.647. The molecule has 1 aromatic rings. The van der Waals surface area contributed by atoms with Crippen LogP contribution in [-0.2, 0) is 6.54 Å². The van der Waals surface area contributed by atoms with Crippen molar-refractivity contribution >= 4 is 11.8 Å². The zero-order chi connectivity index (χ0) is 15.8. The Morgan fingerprint density at radius 1 is 1.27 bits per heavy atom. The van der Waals surface area contributed by atoms with Crippen LogP contribution >= 0.6 is 11.8 Å². The van der Waals surface area contributed by atoms with Gasteiger partial charge in [-0.2, -0.15) is 11.8 Å². The molecule has 0 bridgehead atoms. The predicted octanol–water partition coefficient (Wildman–Crippen LogP) is 2.45. The third kappa shape index (κ3) is 5.54. The van der Waals surface area contributed by atoms with Gasteiger partial charge in [0.25, 0.3) is 0 Å². The van der Waals surface area contributed by atoms with Gasteiger partial charge in [-0.15, -0.1) is 0 Å². The van der Waals surface area contributed by atoms with E-state index in [0.717, 1.165) is 44.7 Å². The average molecular weight is 326 g/mol. The van der Waals surface area contributed by atoms with Crippen LogP contribution in [0.1, 0.15) is 18.4 Å². The highest BCUT2D eigenvalue weighted by Crippen LogP contribution is 2.17. The molecule has 0 saturated carbocycles. The lowest BCUT2D eigenvalue weighted by Crippen LogP contribution is -2.53. The summed E-state index contributed by atoms with van der Waals surface area (Å²) in [5.74, 6) is 1.02. The van der Waals surface area contributed by atoms with Crippen molar-refractivity contribution in [3.63, 3.8) is 0 Å². The number of aliphatic hydroxyl groups excluding tert-OH is 1. The van der Waals surface area contributed by atoms with Gasteiger partial charge in [-0.25, -0.2) is 4.39 Å². The van der Waals surface area contributed by atoms with Crippen LogP contribution in [0.2, 0.25) is 0 Å². The summed E-state index contributed by atoms with van der Waals surface area (Å²) < 4.78 is 13.0. The minimum Gasteiger partial charge on any atom is -0.396 e. The van der Waals surface area contributed by atoms with E-state index >= 15 is 0 Å². The first kappa shape index (κ1) is 17.7. The molecule has 124 valence electrons. The molecule has 1 aromatic carbocycles. The second-order valence-corrected chi connectivity index (χ2v) is 6.90. The van der Waals surface area contributed by atoms with E-state index in [-0.39, 0.29) is 12.4 Å². The molecule has 1 fully saturated rings. The first-order chi connectivity index (χ1) is 10.7. The quantitative estimate of drug-likeness (QED) is 0.743. The van der Waals surface area contributed by atoms with E-state index in [9.17, 15) is 9.50 Å². The van der Waals surface area contributed by atoms with Gasteiger partial charge in [-0.3, -0.25) is 4.90 Å². The monoisotopic (exact) mass is 326 g/mol. The molecule has 0 unspecified atom stereocenters. The van der Waals surface area contributed by atoms with Gasteiger partial charge in [-0.1, -0.05) is 12.1 Å². The molecule has 0 aromatic heterocycles. The Balaban J connectivity index is 1.89. The Hall–Kier alpha value is -0.620. The van der Waals surface area contributed by atoms with Gasteiger partial charge in [0.1, 0.15) is 5.82 Å². The Morgan fingerprint density at radius 2 is 2.05 bits per heavy atom. The van der Waals surface area contributed by atoms with Gasteiger partial charge in [0.2, 0.25) is 0 Å². The lowest BCUT2D eigenvalue weighted by molar-refractivity contribution is 0.0540. The summed E-state index contributed by atoms with van der Waals surface area (Å²) >= 11 is 1.90. The molecular formula is C17H27FN2OS. The minimum atomic E-state index is -0.186. The molecular weight excluding hydrogens is 299 g/mol. The standard InChI is InChI=1S/C17H27FN2OS/c1-22-12-2-8-19-9-10-20(17(14-19)7-11-21)13-15-3-5-16(18)6-4-15/h3-6,17,21H,2,7-14H2,1H3/t17-/m1/s1. The SMILES string of the molecule is CSCCCN1CCN(Cc2ccc(F)cc2)[C@H](CCO)C1. The van der Waals surface area contributed by atoms with Crippen LogP contribution < -0.4 is 0 Å². The Morgan fingerprint density at radius 3 is 2.73 bits per heavy atom. The van der Waals surface area contributed by atoms with Gasteiger partial charge >= 0.3 is 0 Å². The van der Waals surface area contributed by atoms with E-state index in [0.29, 0.717) is 6.04 Å². The fourth-order valence-electron chi connectivity index (χ4n) is 3.05. The lowest BCUT2D eigenvalue weighted by atomic mass is 10.1. The number of aliphatic hydroxyl groups is 1. The van der Waals surface area contributed by atoms with E-state index in [1.54, 1.807) is 0 Å². The number of piperazine rings is 1. The van der Waals surface area contributed by atoms with Gasteiger partial charge in [-0.05, 0) is 49.1 Å². The maximum atomic E-state index is 13.0. The minimum absolute atomic E-state index is 0.186. The van der Waals surface area contributed by atoms with E-state index in [2.05, 4.69) is 16.1 Å². The molecule has 2 rings (SSSR count). The summed E-state index contributed by atoms with van der Waals surface area (Å²) in [6.07, 6.45) is 4.18. The number of halogens is 1. The highest BCUT2D eigenvalue weighted by molar-refractivity contribution is 7.98. The van der Waals surface area contributed by atoms with Crippen LogP contribution in [0.25, 0.3) is 0 Å². The van der Waals surface area contributed by atoms with Gasteiger partial charge < -0.3 is 10.0 Å². The van der Waals surface area contributed by atoms with Crippen LogP contribution in [0.15, 0.2) is 24.3 Å². The third-order valence-corrected chi connectivity index (χ3v) is 4.97. The summed E-state index contributed by atoms with van der Waals surface area (Å²) in [7, 11) is 0. The summed E-state index contributed by atoms with van der Waals surface area (Å²) in [6.45, 7) is 5.33. The van der Waals surface area contributed by atoms with E-state index in [1.165, 1.54) is 24.3 Å². The van der Waals surface area contributed by atoms with Gasteiger partial charge in [0.05, 0.1) is 0 Å². The van der Waals surface area contributed by atoms with Crippen LogP contribution in [0.4, 0.5) is 4.39 Å². The molecule has 0 aliphatic carbocycles. The molecule has 1 N–H and O–H groups in total. The van der Waals surface area contributed by atoms with Crippen molar-refractivity contribution in [1.29, 1.82) is 0 Å². The number of hydrogen-bond acceptors (Lipinski definition) is 4. The van der Waals surface area contributed by atoms with Crippen molar-refractivity contribution in [1.82, 2.24) is 9.80 Å². The summed E-state index contributed by atoms with van der Waals surface area (Å²) in [5, 5.41) is 9.34. The topological polar surface area (TPSA) is 26.7 Å². The summed E-state index contributed by atoms with van der Waals surface area (Å²) in [4.78, 5) is 4.94. The van der Waals surface area contributed by atoms with Gasteiger partial charge in [0, 0.05) is 38.8 Å². The van der Waals surface area contributed by atoms with Crippen molar-refractivity contribution in [2.24, 2.45) is 0 Å². The van der Waals surface area contributed by atoms with Crippen LogP contribution in [0.5, 0.6) is 0 Å². The van der Waals surface area contributed by atoms with Crippen LogP contribution in [-0.4, -0.2) is 65.7 Å². The molecule has 3 nitrogen and oxygen atoms in total. The van der Waals surface area contributed by atoms with Crippen molar-refractivity contribution in [3.8, 4) is 0 Å². The molecule has 0 radical (unpaired) electrons. The molecule has 0 spiro atoms. The van der Waals surface area contributed by atoms with Crippen LogP contribution in [0, 0.1) is 5.82 Å². The molecule has 5 heteroatoms. The smallest absolute Gasteiger partial charge is 0.123 e. The largest absolute Gasteiger partial charge is 0.396 e. The highest BCUT2D eigenvalue weighted by Gasteiger charge is 2.26. The first-order valence-electron chi connectivity index (χ1n) is 8.03. The second kappa shape index (κ2) is 9.50.